The molecule has 19 heavy (non-hydrogen) atoms. The molecule has 0 saturated heterocycles. The second-order valence-corrected chi connectivity index (χ2v) is 5.98. The van der Waals surface area contributed by atoms with Gasteiger partial charge in [0.05, 0.1) is 0 Å². The van der Waals surface area contributed by atoms with E-state index in [0.717, 1.165) is 12.8 Å². The van der Waals surface area contributed by atoms with Gasteiger partial charge in [0, 0.05) is 11.3 Å². The lowest BCUT2D eigenvalue weighted by Gasteiger charge is -2.07. The minimum atomic E-state index is 0.271. The zero-order valence-corrected chi connectivity index (χ0v) is 12.8. The monoisotopic (exact) mass is 276 g/mol. The number of unbranched alkanes of at least 4 members (excludes halogenated alkanes) is 3. The molecule has 2 heteroatoms. The summed E-state index contributed by atoms with van der Waals surface area (Å²) < 4.78 is 0. The number of thioether (sulfide) groups is 1. The van der Waals surface area contributed by atoms with E-state index in [4.69, 9.17) is 0 Å². The van der Waals surface area contributed by atoms with Crippen molar-refractivity contribution < 1.29 is 4.79 Å². The molecule has 1 nitrogen and oxygen atoms in total. The second-order valence-electron chi connectivity index (χ2n) is 4.78. The van der Waals surface area contributed by atoms with E-state index in [1.807, 2.05) is 6.07 Å². The van der Waals surface area contributed by atoms with Gasteiger partial charge in [0.25, 0.3) is 0 Å². The SMILES string of the molecule is CCCCCC=C(CCC(C)=O)Sc1ccccc1. The molecule has 0 unspecified atom stereocenters. The summed E-state index contributed by atoms with van der Waals surface area (Å²) in [5.74, 6) is 0.271. The number of hydrogen-bond acceptors (Lipinski definition) is 2. The summed E-state index contributed by atoms with van der Waals surface area (Å²) in [6, 6.07) is 10.4. The molecule has 0 bridgehead atoms. The topological polar surface area (TPSA) is 17.1 Å². The molecule has 1 aromatic carbocycles. The van der Waals surface area contributed by atoms with E-state index >= 15 is 0 Å². The van der Waals surface area contributed by atoms with Gasteiger partial charge in [0.15, 0.2) is 0 Å². The molecule has 0 amide bonds. The maximum Gasteiger partial charge on any atom is 0.130 e. The first-order valence-corrected chi connectivity index (χ1v) is 7.95. The Labute approximate surface area is 121 Å². The average Bonchev–Trinajstić information content (AvgIpc) is 2.41. The fourth-order valence-electron chi connectivity index (χ4n) is 1.79. The highest BCUT2D eigenvalue weighted by molar-refractivity contribution is 8.03. The van der Waals surface area contributed by atoms with Crippen LogP contribution < -0.4 is 0 Å². The van der Waals surface area contributed by atoms with Gasteiger partial charge >= 0.3 is 0 Å². The molecule has 1 rings (SSSR count). The van der Waals surface area contributed by atoms with Crippen LogP contribution >= 0.6 is 11.8 Å². The van der Waals surface area contributed by atoms with E-state index < -0.39 is 0 Å². The van der Waals surface area contributed by atoms with Crippen molar-refractivity contribution in [1.82, 2.24) is 0 Å². The Morgan fingerprint density at radius 1 is 1.16 bits per heavy atom. The van der Waals surface area contributed by atoms with E-state index in [-0.39, 0.29) is 5.78 Å². The number of ketones is 1. The average molecular weight is 276 g/mol. The van der Waals surface area contributed by atoms with Crippen LogP contribution in [0.2, 0.25) is 0 Å². The number of carbonyl (C=O) groups excluding carboxylic acids is 1. The lowest BCUT2D eigenvalue weighted by molar-refractivity contribution is -0.116. The van der Waals surface area contributed by atoms with E-state index in [9.17, 15) is 4.79 Å². The smallest absolute Gasteiger partial charge is 0.130 e. The highest BCUT2D eigenvalue weighted by Gasteiger charge is 2.03. The quantitative estimate of drug-likeness (QED) is 0.430. The van der Waals surface area contributed by atoms with Crippen molar-refractivity contribution >= 4 is 17.5 Å². The lowest BCUT2D eigenvalue weighted by atomic mass is 10.1. The molecule has 1 aromatic rings. The van der Waals surface area contributed by atoms with Gasteiger partial charge in [-0.2, -0.15) is 0 Å². The molecular formula is C17H24OS. The Morgan fingerprint density at radius 3 is 2.53 bits per heavy atom. The van der Waals surface area contributed by atoms with Crippen molar-refractivity contribution in [3.05, 3.63) is 41.3 Å². The van der Waals surface area contributed by atoms with Gasteiger partial charge in [-0.25, -0.2) is 0 Å². The van der Waals surface area contributed by atoms with Crippen LogP contribution in [0.5, 0.6) is 0 Å². The summed E-state index contributed by atoms with van der Waals surface area (Å²) in [5.41, 5.74) is 0. The number of carbonyl (C=O) groups is 1. The molecule has 0 aliphatic carbocycles. The molecule has 0 aromatic heterocycles. The summed E-state index contributed by atoms with van der Waals surface area (Å²) in [5, 5.41) is 0. The predicted molar refractivity (Wildman–Crippen MR) is 84.4 cm³/mol. The Balaban J connectivity index is 2.55. The van der Waals surface area contributed by atoms with Crippen molar-refractivity contribution in [1.29, 1.82) is 0 Å². The largest absolute Gasteiger partial charge is 0.300 e. The van der Waals surface area contributed by atoms with E-state index in [2.05, 4.69) is 37.3 Å². The molecule has 0 radical (unpaired) electrons. The Bertz CT molecular complexity index is 395. The molecule has 0 N–H and O–H groups in total. The number of allylic oxidation sites excluding steroid dienone is 2. The van der Waals surface area contributed by atoms with Crippen LogP contribution in [-0.2, 0) is 4.79 Å². The zero-order chi connectivity index (χ0) is 13.9. The van der Waals surface area contributed by atoms with Crippen LogP contribution in [0.4, 0.5) is 0 Å². The molecule has 104 valence electrons. The van der Waals surface area contributed by atoms with Crippen molar-refractivity contribution in [2.24, 2.45) is 0 Å². The molecule has 0 spiro atoms. The first kappa shape index (κ1) is 16.0. The molecule has 0 atom stereocenters. The zero-order valence-electron chi connectivity index (χ0n) is 12.0. The van der Waals surface area contributed by atoms with E-state index in [1.165, 1.54) is 29.1 Å². The second kappa shape index (κ2) is 9.85. The number of rotatable bonds is 9. The third-order valence-electron chi connectivity index (χ3n) is 2.90. The Kier molecular flexibility index (Phi) is 8.31. The van der Waals surface area contributed by atoms with Crippen LogP contribution in [0, 0.1) is 0 Å². The number of hydrogen-bond donors (Lipinski definition) is 0. The van der Waals surface area contributed by atoms with Crippen molar-refractivity contribution in [2.75, 3.05) is 0 Å². The maximum absolute atomic E-state index is 11.1. The Morgan fingerprint density at radius 2 is 1.89 bits per heavy atom. The fourth-order valence-corrected chi connectivity index (χ4v) is 2.79. The van der Waals surface area contributed by atoms with Crippen molar-refractivity contribution in [2.45, 2.75) is 57.3 Å². The van der Waals surface area contributed by atoms with Crippen molar-refractivity contribution in [3.8, 4) is 0 Å². The molecule has 0 fully saturated rings. The first-order valence-electron chi connectivity index (χ1n) is 7.13. The van der Waals surface area contributed by atoms with Gasteiger partial charge in [-0.1, -0.05) is 55.8 Å². The van der Waals surface area contributed by atoms with Gasteiger partial charge in [-0.3, -0.25) is 0 Å². The highest BCUT2D eigenvalue weighted by Crippen LogP contribution is 2.30. The normalized spacial score (nSPS) is 11.6. The Hall–Kier alpha value is -1.02. The van der Waals surface area contributed by atoms with Crippen molar-refractivity contribution in [3.63, 3.8) is 0 Å². The summed E-state index contributed by atoms with van der Waals surface area (Å²) in [6.07, 6.45) is 8.75. The fraction of sp³-hybridized carbons (Fsp3) is 0.471. The maximum atomic E-state index is 11.1. The molecule has 0 heterocycles. The highest BCUT2D eigenvalue weighted by atomic mass is 32.2. The minimum absolute atomic E-state index is 0.271. The first-order chi connectivity index (χ1) is 9.22. The van der Waals surface area contributed by atoms with E-state index in [0.29, 0.717) is 6.42 Å². The summed E-state index contributed by atoms with van der Waals surface area (Å²) >= 11 is 1.80. The summed E-state index contributed by atoms with van der Waals surface area (Å²) in [4.78, 5) is 13.7. The predicted octanol–water partition coefficient (Wildman–Crippen LogP) is 5.61. The van der Waals surface area contributed by atoms with Crippen LogP contribution in [0.3, 0.4) is 0 Å². The van der Waals surface area contributed by atoms with Crippen LogP contribution in [0.1, 0.15) is 52.4 Å². The minimum Gasteiger partial charge on any atom is -0.300 e. The van der Waals surface area contributed by atoms with Crippen LogP contribution in [0.25, 0.3) is 0 Å². The number of benzene rings is 1. The molecule has 0 aliphatic heterocycles. The molecule has 0 aliphatic rings. The molecular weight excluding hydrogens is 252 g/mol. The van der Waals surface area contributed by atoms with Crippen LogP contribution in [-0.4, -0.2) is 5.78 Å². The van der Waals surface area contributed by atoms with Gasteiger partial charge < -0.3 is 4.79 Å². The van der Waals surface area contributed by atoms with E-state index in [1.54, 1.807) is 18.7 Å². The van der Waals surface area contributed by atoms with Gasteiger partial charge in [-0.15, -0.1) is 0 Å². The van der Waals surface area contributed by atoms with Gasteiger partial charge in [0.1, 0.15) is 5.78 Å². The van der Waals surface area contributed by atoms with Crippen LogP contribution in [0.15, 0.2) is 46.2 Å². The van der Waals surface area contributed by atoms with Gasteiger partial charge in [-0.05, 0) is 43.2 Å². The number of Topliss-reactive ketones (excluding diaryl/α,β-unsaturated/α-hetero) is 1. The third-order valence-corrected chi connectivity index (χ3v) is 4.04. The summed E-state index contributed by atoms with van der Waals surface area (Å²) in [6.45, 7) is 3.89. The summed E-state index contributed by atoms with van der Waals surface area (Å²) in [7, 11) is 0. The lowest BCUT2D eigenvalue weighted by Crippen LogP contribution is -1.90. The van der Waals surface area contributed by atoms with Gasteiger partial charge in [0.2, 0.25) is 0 Å². The third kappa shape index (κ3) is 7.89. The molecule has 0 saturated carbocycles. The standard InChI is InChI=1S/C17H24OS/c1-3-4-5-7-12-17(14-13-15(2)18)19-16-10-8-6-9-11-16/h6,8-12H,3-5,7,13-14H2,1-2H3.